The average molecular weight is 159 g/mol. The van der Waals surface area contributed by atoms with Crippen LogP contribution in [0.25, 0.3) is 0 Å². The van der Waals surface area contributed by atoms with Crippen LogP contribution in [0.1, 0.15) is 13.8 Å². The van der Waals surface area contributed by atoms with Crippen molar-refractivity contribution in [1.29, 1.82) is 0 Å². The molecule has 0 aromatic carbocycles. The Morgan fingerprint density at radius 1 is 1.64 bits per heavy atom. The zero-order valence-electron chi connectivity index (χ0n) is 7.09. The van der Waals surface area contributed by atoms with Gasteiger partial charge in [-0.15, -0.1) is 0 Å². The van der Waals surface area contributed by atoms with Crippen molar-refractivity contribution < 1.29 is 14.3 Å². The fourth-order valence-corrected chi connectivity index (χ4v) is 1.05. The Morgan fingerprint density at radius 2 is 2.27 bits per heavy atom. The number of amides is 1. The highest BCUT2D eigenvalue weighted by atomic mass is 16.6. The van der Waals surface area contributed by atoms with E-state index in [1.807, 2.05) is 13.8 Å². The SMILES string of the molecule is COC(=O)N1COCC1(C)C. The first-order chi connectivity index (χ1) is 5.08. The smallest absolute Gasteiger partial charge is 0.411 e. The first-order valence-electron chi connectivity index (χ1n) is 3.51. The Balaban J connectivity index is 2.64. The zero-order valence-corrected chi connectivity index (χ0v) is 7.09. The highest BCUT2D eigenvalue weighted by Crippen LogP contribution is 2.21. The monoisotopic (exact) mass is 159 g/mol. The van der Waals surface area contributed by atoms with Gasteiger partial charge in [0.15, 0.2) is 0 Å². The van der Waals surface area contributed by atoms with Crippen molar-refractivity contribution in [3.05, 3.63) is 0 Å². The normalized spacial score (nSPS) is 21.9. The number of methoxy groups -OCH3 is 1. The summed E-state index contributed by atoms with van der Waals surface area (Å²) in [5.74, 6) is 0. The predicted octanol–water partition coefficient (Wildman–Crippen LogP) is 0.821. The Bertz CT molecular complexity index is 167. The van der Waals surface area contributed by atoms with E-state index in [2.05, 4.69) is 4.74 Å². The first kappa shape index (κ1) is 8.33. The molecule has 0 aromatic heterocycles. The highest BCUT2D eigenvalue weighted by molar-refractivity contribution is 5.68. The van der Waals surface area contributed by atoms with Crippen molar-refractivity contribution >= 4 is 6.09 Å². The molecule has 0 N–H and O–H groups in total. The molecule has 1 heterocycles. The maximum absolute atomic E-state index is 11.1. The minimum absolute atomic E-state index is 0.229. The molecule has 11 heavy (non-hydrogen) atoms. The molecule has 1 fully saturated rings. The van der Waals surface area contributed by atoms with E-state index in [-0.39, 0.29) is 11.6 Å². The molecule has 0 bridgehead atoms. The second kappa shape index (κ2) is 2.70. The lowest BCUT2D eigenvalue weighted by molar-refractivity contribution is 0.0871. The van der Waals surface area contributed by atoms with Gasteiger partial charge in [-0.3, -0.25) is 4.90 Å². The van der Waals surface area contributed by atoms with Crippen LogP contribution in [0.3, 0.4) is 0 Å². The lowest BCUT2D eigenvalue weighted by Crippen LogP contribution is -2.44. The van der Waals surface area contributed by atoms with Crippen LogP contribution < -0.4 is 0 Å². The summed E-state index contributed by atoms with van der Waals surface area (Å²) < 4.78 is 9.70. The molecule has 0 unspecified atom stereocenters. The molecule has 64 valence electrons. The minimum Gasteiger partial charge on any atom is -0.453 e. The zero-order chi connectivity index (χ0) is 8.48. The summed E-state index contributed by atoms with van der Waals surface area (Å²) in [7, 11) is 1.37. The van der Waals surface area contributed by atoms with Crippen LogP contribution in [0.15, 0.2) is 0 Å². The van der Waals surface area contributed by atoms with E-state index in [9.17, 15) is 4.79 Å². The van der Waals surface area contributed by atoms with Gasteiger partial charge in [0.1, 0.15) is 6.73 Å². The molecular weight excluding hydrogens is 146 g/mol. The van der Waals surface area contributed by atoms with Crippen LogP contribution >= 0.6 is 0 Å². The van der Waals surface area contributed by atoms with Crippen LogP contribution in [-0.4, -0.2) is 37.0 Å². The number of nitrogens with zero attached hydrogens (tertiary/aromatic N) is 1. The lowest BCUT2D eigenvalue weighted by atomic mass is 10.1. The quantitative estimate of drug-likeness (QED) is 0.525. The van der Waals surface area contributed by atoms with Crippen LogP contribution in [0.4, 0.5) is 4.79 Å². The number of hydrogen-bond donors (Lipinski definition) is 0. The molecule has 0 radical (unpaired) electrons. The molecule has 1 rings (SSSR count). The molecule has 4 nitrogen and oxygen atoms in total. The summed E-state index contributed by atoms with van der Waals surface area (Å²) in [5.41, 5.74) is -0.229. The summed E-state index contributed by atoms with van der Waals surface area (Å²) in [6.45, 7) is 4.79. The van der Waals surface area contributed by atoms with E-state index >= 15 is 0 Å². The fourth-order valence-electron chi connectivity index (χ4n) is 1.05. The van der Waals surface area contributed by atoms with Crippen molar-refractivity contribution in [2.45, 2.75) is 19.4 Å². The van der Waals surface area contributed by atoms with Crippen LogP contribution in [-0.2, 0) is 9.47 Å². The Morgan fingerprint density at radius 3 is 2.64 bits per heavy atom. The molecule has 0 aliphatic carbocycles. The van der Waals surface area contributed by atoms with E-state index in [1.54, 1.807) is 4.90 Å². The Kier molecular flexibility index (Phi) is 2.04. The van der Waals surface area contributed by atoms with Gasteiger partial charge in [0.25, 0.3) is 0 Å². The molecular formula is C7H13NO3. The summed E-state index contributed by atoms with van der Waals surface area (Å²) in [4.78, 5) is 12.6. The predicted molar refractivity (Wildman–Crippen MR) is 39.1 cm³/mol. The summed E-state index contributed by atoms with van der Waals surface area (Å²) in [5, 5.41) is 0. The van der Waals surface area contributed by atoms with E-state index in [0.29, 0.717) is 13.3 Å². The summed E-state index contributed by atoms with van der Waals surface area (Å²) >= 11 is 0. The maximum atomic E-state index is 11.1. The third-order valence-corrected chi connectivity index (χ3v) is 1.80. The van der Waals surface area contributed by atoms with E-state index in [1.165, 1.54) is 7.11 Å². The van der Waals surface area contributed by atoms with Crippen molar-refractivity contribution in [3.63, 3.8) is 0 Å². The van der Waals surface area contributed by atoms with E-state index in [4.69, 9.17) is 4.74 Å². The third-order valence-electron chi connectivity index (χ3n) is 1.80. The van der Waals surface area contributed by atoms with Crippen LogP contribution in [0.2, 0.25) is 0 Å². The second-order valence-electron chi connectivity index (χ2n) is 3.19. The molecule has 0 saturated carbocycles. The van der Waals surface area contributed by atoms with Gasteiger partial charge in [0.2, 0.25) is 0 Å². The highest BCUT2D eigenvalue weighted by Gasteiger charge is 2.37. The molecule has 4 heteroatoms. The van der Waals surface area contributed by atoms with Gasteiger partial charge in [-0.1, -0.05) is 0 Å². The van der Waals surface area contributed by atoms with E-state index in [0.717, 1.165) is 0 Å². The lowest BCUT2D eigenvalue weighted by Gasteiger charge is -2.27. The molecule has 1 aliphatic heterocycles. The first-order valence-corrected chi connectivity index (χ1v) is 3.51. The minimum atomic E-state index is -0.326. The molecule has 1 amide bonds. The van der Waals surface area contributed by atoms with Crippen LogP contribution in [0, 0.1) is 0 Å². The molecule has 0 atom stereocenters. The topological polar surface area (TPSA) is 38.8 Å². The van der Waals surface area contributed by atoms with Crippen LogP contribution in [0.5, 0.6) is 0 Å². The van der Waals surface area contributed by atoms with Gasteiger partial charge in [0, 0.05) is 0 Å². The van der Waals surface area contributed by atoms with Crippen molar-refractivity contribution in [3.8, 4) is 0 Å². The van der Waals surface area contributed by atoms with Crippen molar-refractivity contribution in [1.82, 2.24) is 4.90 Å². The third kappa shape index (κ3) is 1.45. The largest absolute Gasteiger partial charge is 0.453 e. The number of ether oxygens (including phenoxy) is 2. The number of hydrogen-bond acceptors (Lipinski definition) is 3. The number of carbonyl (C=O) groups excluding carboxylic acids is 1. The standard InChI is InChI=1S/C7H13NO3/c1-7(2)4-11-5-8(7)6(9)10-3/h4-5H2,1-3H3. The molecule has 0 aromatic rings. The Labute approximate surface area is 66.1 Å². The fraction of sp³-hybridized carbons (Fsp3) is 0.857. The summed E-state index contributed by atoms with van der Waals surface area (Å²) in [6, 6.07) is 0. The van der Waals surface area contributed by atoms with Gasteiger partial charge in [-0.2, -0.15) is 0 Å². The number of carbonyl (C=O) groups is 1. The van der Waals surface area contributed by atoms with Gasteiger partial charge in [-0.25, -0.2) is 4.79 Å². The molecule has 0 spiro atoms. The second-order valence-corrected chi connectivity index (χ2v) is 3.19. The average Bonchev–Trinajstić information content (AvgIpc) is 2.28. The summed E-state index contributed by atoms with van der Waals surface area (Å²) in [6.07, 6.45) is -0.326. The van der Waals surface area contributed by atoms with Gasteiger partial charge < -0.3 is 9.47 Å². The van der Waals surface area contributed by atoms with Crippen molar-refractivity contribution in [2.75, 3.05) is 20.4 Å². The van der Waals surface area contributed by atoms with Gasteiger partial charge >= 0.3 is 6.09 Å². The Hall–Kier alpha value is -0.770. The van der Waals surface area contributed by atoms with Crippen molar-refractivity contribution in [2.24, 2.45) is 0 Å². The van der Waals surface area contributed by atoms with Gasteiger partial charge in [-0.05, 0) is 13.8 Å². The molecule has 1 saturated heterocycles. The maximum Gasteiger partial charge on any atom is 0.411 e. The van der Waals surface area contributed by atoms with Gasteiger partial charge in [0.05, 0.1) is 19.3 Å². The van der Waals surface area contributed by atoms with E-state index < -0.39 is 0 Å². The number of rotatable bonds is 0. The molecule has 1 aliphatic rings.